The maximum Gasteiger partial charge on any atom is 0.319 e. The zero-order valence-electron chi connectivity index (χ0n) is 15.9. The van der Waals surface area contributed by atoms with Gasteiger partial charge in [0.05, 0.1) is 0 Å². The van der Waals surface area contributed by atoms with Gasteiger partial charge in [0.15, 0.2) is 0 Å². The van der Waals surface area contributed by atoms with Gasteiger partial charge in [0, 0.05) is 29.9 Å². The number of nitrogens with zero attached hydrogens (tertiary/aromatic N) is 1. The van der Waals surface area contributed by atoms with Gasteiger partial charge in [0.1, 0.15) is 0 Å². The zero-order valence-corrected chi connectivity index (χ0v) is 15.9. The maximum atomic E-state index is 12.1. The van der Waals surface area contributed by atoms with Crippen molar-refractivity contribution in [1.82, 2.24) is 10.2 Å². The van der Waals surface area contributed by atoms with E-state index in [9.17, 15) is 4.79 Å². The van der Waals surface area contributed by atoms with Gasteiger partial charge in [-0.25, -0.2) is 4.79 Å². The molecular weight excluding hydrogens is 334 g/mol. The molecule has 2 aromatic carbocycles. The molecule has 4 nitrogen and oxygen atoms in total. The van der Waals surface area contributed by atoms with Crippen LogP contribution in [0.5, 0.6) is 0 Å². The van der Waals surface area contributed by atoms with E-state index in [0.717, 1.165) is 42.4 Å². The van der Waals surface area contributed by atoms with Gasteiger partial charge in [-0.3, -0.25) is 0 Å². The van der Waals surface area contributed by atoms with Crippen molar-refractivity contribution in [3.63, 3.8) is 0 Å². The van der Waals surface area contributed by atoms with Gasteiger partial charge in [-0.15, -0.1) is 0 Å². The Bertz CT molecular complexity index is 799. The molecule has 2 aromatic rings. The fraction of sp³-hybridized carbons (Fsp3) is 0.348. The van der Waals surface area contributed by atoms with Crippen molar-refractivity contribution < 1.29 is 4.79 Å². The van der Waals surface area contributed by atoms with Crippen LogP contribution in [0.3, 0.4) is 0 Å². The molecule has 0 bridgehead atoms. The van der Waals surface area contributed by atoms with Gasteiger partial charge in [0.25, 0.3) is 0 Å². The second-order valence-electron chi connectivity index (χ2n) is 7.10. The monoisotopic (exact) mass is 361 g/mol. The lowest BCUT2D eigenvalue weighted by atomic mass is 9.99. The minimum atomic E-state index is -0.173. The number of piperidine rings is 1. The number of urea groups is 1. The first kappa shape index (κ1) is 19.0. The quantitative estimate of drug-likeness (QED) is 0.810. The molecule has 1 saturated heterocycles. The average molecular weight is 361 g/mol. The van der Waals surface area contributed by atoms with Crippen LogP contribution in [0.1, 0.15) is 30.9 Å². The molecule has 0 unspecified atom stereocenters. The molecule has 4 heteroatoms. The summed E-state index contributed by atoms with van der Waals surface area (Å²) < 4.78 is 0. The summed E-state index contributed by atoms with van der Waals surface area (Å²) >= 11 is 0. The van der Waals surface area contributed by atoms with Crippen molar-refractivity contribution in [2.75, 3.05) is 31.5 Å². The van der Waals surface area contributed by atoms with Gasteiger partial charge < -0.3 is 15.5 Å². The van der Waals surface area contributed by atoms with Crippen molar-refractivity contribution in [2.24, 2.45) is 5.92 Å². The van der Waals surface area contributed by atoms with Crippen LogP contribution in [0, 0.1) is 17.8 Å². The molecule has 1 aliphatic rings. The molecule has 1 heterocycles. The highest BCUT2D eigenvalue weighted by Crippen LogP contribution is 2.15. The summed E-state index contributed by atoms with van der Waals surface area (Å²) in [6.07, 6.45) is 2.51. The largest absolute Gasteiger partial charge is 0.337 e. The molecule has 2 amide bonds. The van der Waals surface area contributed by atoms with Crippen LogP contribution in [0.15, 0.2) is 54.6 Å². The average Bonchev–Trinajstić information content (AvgIpc) is 2.69. The molecular formula is C23H27N3O. The molecule has 0 aromatic heterocycles. The highest BCUT2D eigenvalue weighted by molar-refractivity contribution is 5.89. The maximum absolute atomic E-state index is 12.1. The number of benzene rings is 2. The zero-order chi connectivity index (χ0) is 18.9. The number of carbonyl (C=O) groups excluding carboxylic acids is 1. The standard InChI is InChI=1S/C23H27N3O/c1-19-12-15-26(16-13-19)17-14-24-23(27)25-22-9-5-8-21(18-22)11-10-20-6-3-2-4-7-20/h2-9,18-19H,12-17H2,1H3,(H2,24,25,27). The summed E-state index contributed by atoms with van der Waals surface area (Å²) in [6.45, 7) is 6.14. The van der Waals surface area contributed by atoms with E-state index in [1.807, 2.05) is 54.6 Å². The number of rotatable bonds is 4. The summed E-state index contributed by atoms with van der Waals surface area (Å²) in [5, 5.41) is 5.83. The number of nitrogens with one attached hydrogen (secondary N) is 2. The van der Waals surface area contributed by atoms with E-state index in [1.54, 1.807) is 0 Å². The third-order valence-corrected chi connectivity index (χ3v) is 4.84. The second-order valence-corrected chi connectivity index (χ2v) is 7.10. The molecule has 2 N–H and O–H groups in total. The number of anilines is 1. The number of hydrogen-bond acceptors (Lipinski definition) is 2. The van der Waals surface area contributed by atoms with E-state index in [4.69, 9.17) is 0 Å². The summed E-state index contributed by atoms with van der Waals surface area (Å²) in [4.78, 5) is 14.5. The van der Waals surface area contributed by atoms with Crippen LogP contribution in [-0.4, -0.2) is 37.1 Å². The van der Waals surface area contributed by atoms with E-state index in [1.165, 1.54) is 12.8 Å². The summed E-state index contributed by atoms with van der Waals surface area (Å²) in [6, 6.07) is 17.3. The van der Waals surface area contributed by atoms with E-state index < -0.39 is 0 Å². The number of carbonyl (C=O) groups is 1. The minimum Gasteiger partial charge on any atom is -0.337 e. The Morgan fingerprint density at radius 1 is 1.04 bits per heavy atom. The van der Waals surface area contributed by atoms with Crippen LogP contribution < -0.4 is 10.6 Å². The smallest absolute Gasteiger partial charge is 0.319 e. The number of likely N-dealkylation sites (tertiary alicyclic amines) is 1. The summed E-state index contributed by atoms with van der Waals surface area (Å²) in [5.41, 5.74) is 2.60. The molecule has 27 heavy (non-hydrogen) atoms. The van der Waals surface area contributed by atoms with Crippen molar-refractivity contribution in [3.05, 3.63) is 65.7 Å². The lowest BCUT2D eigenvalue weighted by Crippen LogP contribution is -2.40. The van der Waals surface area contributed by atoms with E-state index in [2.05, 4.69) is 34.3 Å². The minimum absolute atomic E-state index is 0.173. The van der Waals surface area contributed by atoms with Gasteiger partial charge in [-0.05, 0) is 62.2 Å². The second kappa shape index (κ2) is 9.80. The Kier molecular flexibility index (Phi) is 6.90. The van der Waals surface area contributed by atoms with E-state index in [0.29, 0.717) is 6.54 Å². The Morgan fingerprint density at radius 3 is 2.52 bits per heavy atom. The van der Waals surface area contributed by atoms with Crippen LogP contribution in [0.2, 0.25) is 0 Å². The molecule has 3 rings (SSSR count). The predicted octanol–water partition coefficient (Wildman–Crippen LogP) is 3.94. The Morgan fingerprint density at radius 2 is 1.74 bits per heavy atom. The van der Waals surface area contributed by atoms with E-state index in [-0.39, 0.29) is 6.03 Å². The number of amides is 2. The summed E-state index contributed by atoms with van der Waals surface area (Å²) in [5.74, 6) is 7.10. The summed E-state index contributed by atoms with van der Waals surface area (Å²) in [7, 11) is 0. The highest BCUT2D eigenvalue weighted by Gasteiger charge is 2.15. The molecule has 1 aliphatic heterocycles. The van der Waals surface area contributed by atoms with Crippen molar-refractivity contribution >= 4 is 11.7 Å². The van der Waals surface area contributed by atoms with Crippen molar-refractivity contribution in [1.29, 1.82) is 0 Å². The fourth-order valence-electron chi connectivity index (χ4n) is 3.13. The molecule has 0 saturated carbocycles. The topological polar surface area (TPSA) is 44.4 Å². The first-order chi connectivity index (χ1) is 13.2. The SMILES string of the molecule is CC1CCN(CCNC(=O)Nc2cccc(C#Cc3ccccc3)c2)CC1. The van der Waals surface area contributed by atoms with E-state index >= 15 is 0 Å². The Labute approximate surface area is 162 Å². The first-order valence-corrected chi connectivity index (χ1v) is 9.63. The lowest BCUT2D eigenvalue weighted by Gasteiger charge is -2.30. The third-order valence-electron chi connectivity index (χ3n) is 4.84. The third kappa shape index (κ3) is 6.47. The van der Waals surface area contributed by atoms with Gasteiger partial charge in [-0.1, -0.05) is 43.0 Å². The lowest BCUT2D eigenvalue weighted by molar-refractivity contribution is 0.192. The fourth-order valence-corrected chi connectivity index (χ4v) is 3.13. The van der Waals surface area contributed by atoms with Crippen LogP contribution in [-0.2, 0) is 0 Å². The van der Waals surface area contributed by atoms with Gasteiger partial charge >= 0.3 is 6.03 Å². The Hall–Kier alpha value is -2.77. The molecule has 0 aliphatic carbocycles. The van der Waals surface area contributed by atoms with Crippen molar-refractivity contribution in [3.8, 4) is 11.8 Å². The molecule has 140 valence electrons. The molecule has 1 fully saturated rings. The van der Waals surface area contributed by atoms with Gasteiger partial charge in [0.2, 0.25) is 0 Å². The van der Waals surface area contributed by atoms with Crippen LogP contribution in [0.4, 0.5) is 10.5 Å². The molecule has 0 radical (unpaired) electrons. The van der Waals surface area contributed by atoms with Crippen LogP contribution in [0.25, 0.3) is 0 Å². The first-order valence-electron chi connectivity index (χ1n) is 9.63. The molecule has 0 atom stereocenters. The van der Waals surface area contributed by atoms with Crippen LogP contribution >= 0.6 is 0 Å². The molecule has 0 spiro atoms. The van der Waals surface area contributed by atoms with Gasteiger partial charge in [-0.2, -0.15) is 0 Å². The highest BCUT2D eigenvalue weighted by atomic mass is 16.2. The predicted molar refractivity (Wildman–Crippen MR) is 111 cm³/mol. The normalized spacial score (nSPS) is 14.9. The van der Waals surface area contributed by atoms with Crippen molar-refractivity contribution in [2.45, 2.75) is 19.8 Å². The number of hydrogen-bond donors (Lipinski definition) is 2. The Balaban J connectivity index is 1.46.